The van der Waals surface area contributed by atoms with Gasteiger partial charge in [-0.2, -0.15) is 0 Å². The molecule has 0 heterocycles. The molecule has 1 N–H and O–H groups in total. The van der Waals surface area contributed by atoms with Crippen LogP contribution in [0.1, 0.15) is 25.8 Å². The number of rotatable bonds is 6. The first-order chi connectivity index (χ1) is 8.15. The van der Waals surface area contributed by atoms with Crippen LogP contribution in [0.25, 0.3) is 0 Å². The second-order valence-corrected chi connectivity index (χ2v) is 4.48. The molecule has 0 fully saturated rings. The minimum Gasteiger partial charge on any atom is -0.317 e. The average molecular weight is 256 g/mol. The first-order valence-corrected chi connectivity index (χ1v) is 6.32. The zero-order chi connectivity index (χ0) is 12.7. The van der Waals surface area contributed by atoms with E-state index in [1.54, 1.807) is 12.1 Å². The SMILES string of the molecule is CCNCCC=C(C)Cc1c(F)cccc1Cl. The molecule has 1 aromatic rings. The normalized spacial score (nSPS) is 11.9. The number of nitrogens with one attached hydrogen (secondary N) is 1. The van der Waals surface area contributed by atoms with Crippen molar-refractivity contribution in [1.82, 2.24) is 5.32 Å². The summed E-state index contributed by atoms with van der Waals surface area (Å²) in [5, 5.41) is 3.75. The fourth-order valence-corrected chi connectivity index (χ4v) is 1.88. The van der Waals surface area contributed by atoms with Crippen LogP contribution >= 0.6 is 11.6 Å². The van der Waals surface area contributed by atoms with Gasteiger partial charge in [0.1, 0.15) is 5.82 Å². The average Bonchev–Trinajstić information content (AvgIpc) is 2.30. The van der Waals surface area contributed by atoms with Crippen molar-refractivity contribution in [1.29, 1.82) is 0 Å². The summed E-state index contributed by atoms with van der Waals surface area (Å²) < 4.78 is 13.5. The molecule has 0 aliphatic carbocycles. The van der Waals surface area contributed by atoms with Crippen LogP contribution in [0.2, 0.25) is 5.02 Å². The zero-order valence-electron chi connectivity index (χ0n) is 10.4. The molecular weight excluding hydrogens is 237 g/mol. The number of hydrogen-bond acceptors (Lipinski definition) is 1. The molecule has 1 rings (SSSR count). The lowest BCUT2D eigenvalue weighted by Gasteiger charge is -2.06. The van der Waals surface area contributed by atoms with Crippen LogP contribution in [0.3, 0.4) is 0 Å². The molecule has 94 valence electrons. The van der Waals surface area contributed by atoms with Crippen molar-refractivity contribution < 1.29 is 4.39 Å². The van der Waals surface area contributed by atoms with Crippen molar-refractivity contribution in [2.75, 3.05) is 13.1 Å². The van der Waals surface area contributed by atoms with Crippen molar-refractivity contribution in [2.45, 2.75) is 26.7 Å². The van der Waals surface area contributed by atoms with E-state index in [0.717, 1.165) is 25.1 Å². The van der Waals surface area contributed by atoms with Crippen molar-refractivity contribution in [3.63, 3.8) is 0 Å². The molecule has 0 bridgehead atoms. The van der Waals surface area contributed by atoms with Gasteiger partial charge in [0, 0.05) is 10.6 Å². The van der Waals surface area contributed by atoms with E-state index < -0.39 is 0 Å². The van der Waals surface area contributed by atoms with Gasteiger partial charge in [-0.3, -0.25) is 0 Å². The summed E-state index contributed by atoms with van der Waals surface area (Å²) in [4.78, 5) is 0. The van der Waals surface area contributed by atoms with Crippen LogP contribution < -0.4 is 5.32 Å². The van der Waals surface area contributed by atoms with Crippen LogP contribution in [0.4, 0.5) is 4.39 Å². The maximum Gasteiger partial charge on any atom is 0.128 e. The number of allylic oxidation sites excluding steroid dienone is 1. The first kappa shape index (κ1) is 14.2. The van der Waals surface area contributed by atoms with Crippen molar-refractivity contribution in [3.8, 4) is 0 Å². The Balaban J connectivity index is 2.58. The Bertz CT molecular complexity index is 368. The van der Waals surface area contributed by atoms with Crippen molar-refractivity contribution in [2.24, 2.45) is 0 Å². The molecule has 0 aliphatic heterocycles. The quantitative estimate of drug-likeness (QED) is 0.599. The monoisotopic (exact) mass is 255 g/mol. The molecule has 0 saturated heterocycles. The van der Waals surface area contributed by atoms with Gasteiger partial charge in [-0.25, -0.2) is 4.39 Å². The minimum absolute atomic E-state index is 0.225. The third-order valence-corrected chi connectivity index (χ3v) is 2.94. The molecular formula is C14H19ClFN. The first-order valence-electron chi connectivity index (χ1n) is 5.94. The largest absolute Gasteiger partial charge is 0.317 e. The molecule has 17 heavy (non-hydrogen) atoms. The predicted octanol–water partition coefficient (Wildman–Crippen LogP) is 3.97. The Morgan fingerprint density at radius 3 is 2.88 bits per heavy atom. The van der Waals surface area contributed by atoms with Gasteiger partial charge in [0.25, 0.3) is 0 Å². The highest BCUT2D eigenvalue weighted by molar-refractivity contribution is 6.31. The lowest BCUT2D eigenvalue weighted by molar-refractivity contribution is 0.613. The molecule has 0 aromatic heterocycles. The maximum atomic E-state index is 13.5. The van der Waals surface area contributed by atoms with Crippen molar-refractivity contribution in [3.05, 3.63) is 46.3 Å². The van der Waals surface area contributed by atoms with E-state index in [1.807, 2.05) is 6.92 Å². The van der Waals surface area contributed by atoms with E-state index in [1.165, 1.54) is 6.07 Å². The van der Waals surface area contributed by atoms with Gasteiger partial charge in [0.05, 0.1) is 0 Å². The summed E-state index contributed by atoms with van der Waals surface area (Å²) in [6, 6.07) is 4.81. The Morgan fingerprint density at radius 1 is 1.47 bits per heavy atom. The molecule has 0 radical (unpaired) electrons. The van der Waals surface area contributed by atoms with Crippen LogP contribution in [0.5, 0.6) is 0 Å². The number of halogens is 2. The highest BCUT2D eigenvalue weighted by Gasteiger charge is 2.06. The van der Waals surface area contributed by atoms with E-state index >= 15 is 0 Å². The van der Waals surface area contributed by atoms with Crippen LogP contribution in [0, 0.1) is 5.82 Å². The summed E-state index contributed by atoms with van der Waals surface area (Å²) >= 11 is 5.98. The minimum atomic E-state index is -0.225. The number of hydrogen-bond donors (Lipinski definition) is 1. The second kappa shape index (κ2) is 7.46. The topological polar surface area (TPSA) is 12.0 Å². The fourth-order valence-electron chi connectivity index (χ4n) is 1.65. The zero-order valence-corrected chi connectivity index (χ0v) is 11.1. The van der Waals surface area contributed by atoms with Crippen LogP contribution in [-0.2, 0) is 6.42 Å². The molecule has 1 nitrogen and oxygen atoms in total. The Labute approximate surface area is 108 Å². The smallest absolute Gasteiger partial charge is 0.128 e. The predicted molar refractivity (Wildman–Crippen MR) is 72.0 cm³/mol. The summed E-state index contributed by atoms with van der Waals surface area (Å²) in [6.45, 7) is 6.02. The standard InChI is InChI=1S/C14H19ClFN/c1-3-17-9-5-6-11(2)10-12-13(15)7-4-8-14(12)16/h4,6-8,17H,3,5,9-10H2,1-2H3. The van der Waals surface area contributed by atoms with E-state index in [-0.39, 0.29) is 5.82 Å². The Kier molecular flexibility index (Phi) is 6.23. The van der Waals surface area contributed by atoms with Crippen LogP contribution in [0.15, 0.2) is 29.8 Å². The summed E-state index contributed by atoms with van der Waals surface area (Å²) in [6.07, 6.45) is 3.68. The molecule has 0 saturated carbocycles. The molecule has 0 aliphatic rings. The summed E-state index contributed by atoms with van der Waals surface area (Å²) in [5.74, 6) is -0.225. The van der Waals surface area contributed by atoms with Gasteiger partial charge >= 0.3 is 0 Å². The molecule has 3 heteroatoms. The van der Waals surface area contributed by atoms with Gasteiger partial charge in [-0.1, -0.05) is 36.2 Å². The third kappa shape index (κ3) is 4.88. The van der Waals surface area contributed by atoms with E-state index in [4.69, 9.17) is 11.6 Å². The molecule has 0 unspecified atom stereocenters. The van der Waals surface area contributed by atoms with Gasteiger partial charge in [0.15, 0.2) is 0 Å². The van der Waals surface area contributed by atoms with E-state index in [2.05, 4.69) is 18.3 Å². The van der Waals surface area contributed by atoms with Gasteiger partial charge in [-0.15, -0.1) is 0 Å². The summed E-state index contributed by atoms with van der Waals surface area (Å²) in [5.41, 5.74) is 1.74. The molecule has 0 atom stereocenters. The maximum absolute atomic E-state index is 13.5. The van der Waals surface area contributed by atoms with Gasteiger partial charge in [0.2, 0.25) is 0 Å². The van der Waals surface area contributed by atoms with Crippen LogP contribution in [-0.4, -0.2) is 13.1 Å². The van der Waals surface area contributed by atoms with E-state index in [9.17, 15) is 4.39 Å². The highest BCUT2D eigenvalue weighted by atomic mass is 35.5. The Morgan fingerprint density at radius 2 is 2.24 bits per heavy atom. The van der Waals surface area contributed by atoms with E-state index in [0.29, 0.717) is 17.0 Å². The summed E-state index contributed by atoms with van der Waals surface area (Å²) in [7, 11) is 0. The molecule has 0 spiro atoms. The van der Waals surface area contributed by atoms with Gasteiger partial charge < -0.3 is 5.32 Å². The van der Waals surface area contributed by atoms with Gasteiger partial charge in [-0.05, 0) is 45.0 Å². The molecule has 0 amide bonds. The fraction of sp³-hybridized carbons (Fsp3) is 0.429. The second-order valence-electron chi connectivity index (χ2n) is 4.07. The molecule has 1 aromatic carbocycles. The Hall–Kier alpha value is -0.860. The third-order valence-electron chi connectivity index (χ3n) is 2.58. The highest BCUT2D eigenvalue weighted by Crippen LogP contribution is 2.21. The number of benzene rings is 1. The lowest BCUT2D eigenvalue weighted by atomic mass is 10.0. The lowest BCUT2D eigenvalue weighted by Crippen LogP contribution is -2.13. The van der Waals surface area contributed by atoms with Crippen molar-refractivity contribution >= 4 is 11.6 Å².